The second kappa shape index (κ2) is 16.1. The van der Waals surface area contributed by atoms with E-state index in [-0.39, 0.29) is 36.0 Å². The second-order valence-electron chi connectivity index (χ2n) is 7.87. The molecule has 2 aromatic carbocycles. The van der Waals surface area contributed by atoms with E-state index in [4.69, 9.17) is 35.3 Å². The summed E-state index contributed by atoms with van der Waals surface area (Å²) in [6.45, 7) is 0.885. The highest BCUT2D eigenvalue weighted by Gasteiger charge is 2.27. The number of terminal acetylenes is 1. The Morgan fingerprint density at radius 3 is 2.18 bits per heavy atom. The SMILES string of the molecule is C#C.CN=C(OCCc1ccc(Cl)cc1)c1c(O)c(-c2c(OC)cccc2OC)c(COCCOC)[nH]c1=O. The van der Waals surface area contributed by atoms with E-state index >= 15 is 0 Å². The van der Waals surface area contributed by atoms with Crippen molar-refractivity contribution in [3.8, 4) is 41.2 Å². The number of nitrogens with zero attached hydrogens (tertiary/aromatic N) is 1. The van der Waals surface area contributed by atoms with Gasteiger partial charge in [0.15, 0.2) is 0 Å². The Morgan fingerprint density at radius 1 is 0.974 bits per heavy atom. The molecule has 39 heavy (non-hydrogen) atoms. The summed E-state index contributed by atoms with van der Waals surface area (Å²) < 4.78 is 27.7. The lowest BCUT2D eigenvalue weighted by Crippen LogP contribution is -2.24. The van der Waals surface area contributed by atoms with Gasteiger partial charge in [-0.05, 0) is 29.8 Å². The Hall–Kier alpha value is -3.97. The molecule has 0 saturated heterocycles. The summed E-state index contributed by atoms with van der Waals surface area (Å²) in [7, 11) is 6.07. The quantitative estimate of drug-likeness (QED) is 0.146. The van der Waals surface area contributed by atoms with Crippen molar-refractivity contribution in [3.05, 3.63) is 74.7 Å². The van der Waals surface area contributed by atoms with Crippen molar-refractivity contribution in [2.45, 2.75) is 13.0 Å². The van der Waals surface area contributed by atoms with Crippen LogP contribution in [0.4, 0.5) is 0 Å². The molecule has 0 amide bonds. The van der Waals surface area contributed by atoms with Crippen LogP contribution in [0.2, 0.25) is 5.02 Å². The molecule has 0 fully saturated rings. The zero-order chi connectivity index (χ0) is 28.8. The van der Waals surface area contributed by atoms with Gasteiger partial charge in [0.05, 0.1) is 57.5 Å². The van der Waals surface area contributed by atoms with E-state index < -0.39 is 5.56 Å². The van der Waals surface area contributed by atoms with Crippen molar-refractivity contribution in [1.82, 2.24) is 4.98 Å². The number of nitrogens with one attached hydrogen (secondary N) is 1. The van der Waals surface area contributed by atoms with Gasteiger partial charge in [-0.3, -0.25) is 9.79 Å². The van der Waals surface area contributed by atoms with Gasteiger partial charge in [-0.1, -0.05) is 29.8 Å². The normalized spacial score (nSPS) is 10.9. The Morgan fingerprint density at radius 2 is 1.62 bits per heavy atom. The predicted octanol–water partition coefficient (Wildman–Crippen LogP) is 4.47. The third-order valence-electron chi connectivity index (χ3n) is 5.58. The molecule has 0 atom stereocenters. The molecule has 3 rings (SSSR count). The lowest BCUT2D eigenvalue weighted by molar-refractivity contribution is 0.0602. The first-order valence-corrected chi connectivity index (χ1v) is 12.3. The predicted molar refractivity (Wildman–Crippen MR) is 152 cm³/mol. The lowest BCUT2D eigenvalue weighted by Gasteiger charge is -2.19. The highest BCUT2D eigenvalue weighted by molar-refractivity contribution is 6.30. The number of benzene rings is 2. The van der Waals surface area contributed by atoms with Crippen LogP contribution in [-0.4, -0.2) is 64.2 Å². The van der Waals surface area contributed by atoms with Gasteiger partial charge in [0.1, 0.15) is 22.8 Å². The molecule has 0 radical (unpaired) electrons. The van der Waals surface area contributed by atoms with Crippen LogP contribution in [0.15, 0.2) is 52.3 Å². The molecule has 9 nitrogen and oxygen atoms in total. The fraction of sp³-hybridized carbons (Fsp3) is 0.310. The molecule has 0 saturated carbocycles. The van der Waals surface area contributed by atoms with Crippen molar-refractivity contribution < 1.29 is 28.8 Å². The largest absolute Gasteiger partial charge is 0.506 e. The third-order valence-corrected chi connectivity index (χ3v) is 5.83. The van der Waals surface area contributed by atoms with Gasteiger partial charge >= 0.3 is 0 Å². The fourth-order valence-electron chi connectivity index (χ4n) is 3.79. The molecule has 0 aliphatic carbocycles. The minimum absolute atomic E-state index is 0.000991. The summed E-state index contributed by atoms with van der Waals surface area (Å²) in [5.41, 5.74) is 1.38. The van der Waals surface area contributed by atoms with Gasteiger partial charge in [0.25, 0.3) is 5.56 Å². The summed E-state index contributed by atoms with van der Waals surface area (Å²) in [6.07, 6.45) is 8.55. The number of halogens is 1. The van der Waals surface area contributed by atoms with Gasteiger partial charge < -0.3 is 33.8 Å². The maximum Gasteiger partial charge on any atom is 0.264 e. The van der Waals surface area contributed by atoms with Crippen LogP contribution in [0.3, 0.4) is 0 Å². The zero-order valence-corrected chi connectivity index (χ0v) is 23.2. The summed E-state index contributed by atoms with van der Waals surface area (Å²) >= 11 is 5.95. The number of aliphatic imine (C=N–C) groups is 1. The minimum Gasteiger partial charge on any atom is -0.506 e. The van der Waals surface area contributed by atoms with Crippen LogP contribution in [0, 0.1) is 12.8 Å². The summed E-state index contributed by atoms with van der Waals surface area (Å²) in [5.74, 6) is 0.535. The molecule has 1 aromatic heterocycles. The molecule has 1 heterocycles. The van der Waals surface area contributed by atoms with Crippen LogP contribution in [0.25, 0.3) is 11.1 Å². The van der Waals surface area contributed by atoms with Crippen LogP contribution in [0.1, 0.15) is 16.8 Å². The summed E-state index contributed by atoms with van der Waals surface area (Å²) in [4.78, 5) is 20.1. The standard InChI is InChI=1S/C27H31ClN2O7.C2H2/c1-29-27(37-13-12-17-8-10-18(28)11-9-17)24-25(31)22(19(30-26(24)32)16-36-15-14-33-2)23-20(34-3)6-5-7-21(23)35-4;1-2/h5-11H,12-16H2,1-4H3,(H2,30,31,32);1-2H. The van der Waals surface area contributed by atoms with Crippen molar-refractivity contribution >= 4 is 17.5 Å². The molecule has 2 N–H and O–H groups in total. The Bertz CT molecular complexity index is 1300. The number of rotatable bonds is 12. The average Bonchev–Trinajstić information content (AvgIpc) is 2.96. The van der Waals surface area contributed by atoms with Crippen LogP contribution >= 0.6 is 11.6 Å². The molecular formula is C29H33ClN2O7. The molecule has 10 heteroatoms. The number of ether oxygens (including phenoxy) is 5. The first kappa shape index (κ1) is 31.2. The number of hydrogen-bond acceptors (Lipinski definition) is 8. The van der Waals surface area contributed by atoms with Crippen molar-refractivity contribution in [2.75, 3.05) is 48.2 Å². The Balaban J connectivity index is 0.00000260. The fourth-order valence-corrected chi connectivity index (χ4v) is 3.92. The summed E-state index contributed by atoms with van der Waals surface area (Å²) in [5, 5.41) is 12.1. The average molecular weight is 557 g/mol. The number of H-pyrrole nitrogens is 1. The molecule has 3 aromatic rings. The monoisotopic (exact) mass is 556 g/mol. The maximum atomic E-state index is 13.2. The highest BCUT2D eigenvalue weighted by Crippen LogP contribution is 2.44. The van der Waals surface area contributed by atoms with E-state index in [9.17, 15) is 9.90 Å². The van der Waals surface area contributed by atoms with Crippen molar-refractivity contribution in [2.24, 2.45) is 4.99 Å². The maximum absolute atomic E-state index is 13.2. The topological polar surface area (TPSA) is 112 Å². The molecular weight excluding hydrogens is 524 g/mol. The highest BCUT2D eigenvalue weighted by atomic mass is 35.5. The van der Waals surface area contributed by atoms with Crippen molar-refractivity contribution in [3.63, 3.8) is 0 Å². The van der Waals surface area contributed by atoms with E-state index in [2.05, 4.69) is 22.8 Å². The van der Waals surface area contributed by atoms with Gasteiger partial charge in [-0.15, -0.1) is 12.8 Å². The lowest BCUT2D eigenvalue weighted by atomic mass is 9.98. The Labute approximate surface area is 233 Å². The molecule has 208 valence electrons. The Kier molecular flexibility index (Phi) is 12.9. The molecule has 0 bridgehead atoms. The van der Waals surface area contributed by atoms with Gasteiger partial charge in [0.2, 0.25) is 5.90 Å². The number of aromatic amines is 1. The molecule has 0 unspecified atom stereocenters. The molecule has 0 spiro atoms. The van der Waals surface area contributed by atoms with Gasteiger partial charge in [-0.25, -0.2) is 0 Å². The van der Waals surface area contributed by atoms with Crippen LogP contribution < -0.4 is 15.0 Å². The van der Waals surface area contributed by atoms with Crippen LogP contribution in [0.5, 0.6) is 17.2 Å². The number of hydrogen-bond donors (Lipinski definition) is 2. The number of aromatic nitrogens is 1. The first-order valence-electron chi connectivity index (χ1n) is 11.9. The molecule has 0 aliphatic rings. The van der Waals surface area contributed by atoms with Gasteiger partial charge in [-0.2, -0.15) is 0 Å². The number of aromatic hydroxyl groups is 1. The van der Waals surface area contributed by atoms with Crippen molar-refractivity contribution in [1.29, 1.82) is 0 Å². The van der Waals surface area contributed by atoms with E-state index in [1.807, 2.05) is 12.1 Å². The van der Waals surface area contributed by atoms with E-state index in [0.29, 0.717) is 47.4 Å². The van der Waals surface area contributed by atoms with Gasteiger partial charge in [0, 0.05) is 25.6 Å². The number of pyridine rings is 1. The summed E-state index contributed by atoms with van der Waals surface area (Å²) in [6, 6.07) is 12.6. The zero-order valence-electron chi connectivity index (χ0n) is 22.5. The second-order valence-corrected chi connectivity index (χ2v) is 8.30. The molecule has 0 aliphatic heterocycles. The van der Waals surface area contributed by atoms with Crippen LogP contribution in [-0.2, 0) is 27.2 Å². The van der Waals surface area contributed by atoms with E-state index in [1.54, 1.807) is 37.4 Å². The minimum atomic E-state index is -0.576. The van der Waals surface area contributed by atoms with E-state index in [1.165, 1.54) is 21.3 Å². The third kappa shape index (κ3) is 8.01. The number of methoxy groups -OCH3 is 3. The smallest absolute Gasteiger partial charge is 0.264 e. The first-order chi connectivity index (χ1) is 18.9. The van der Waals surface area contributed by atoms with E-state index in [0.717, 1.165) is 5.56 Å².